The first-order valence-electron chi connectivity index (χ1n) is 5.87. The monoisotopic (exact) mass is 364 g/mol. The van der Waals surface area contributed by atoms with Crippen LogP contribution in [0.1, 0.15) is 25.8 Å². The predicted molar refractivity (Wildman–Crippen MR) is 85.3 cm³/mol. The van der Waals surface area contributed by atoms with Crippen LogP contribution in [0.5, 0.6) is 0 Å². The number of rotatable bonds is 3. The van der Waals surface area contributed by atoms with E-state index >= 15 is 0 Å². The minimum atomic E-state index is -3.98. The third kappa shape index (κ3) is 3.85. The van der Waals surface area contributed by atoms with Crippen LogP contribution in [0.4, 0.5) is 5.13 Å². The Kier molecular flexibility index (Phi) is 4.49. The molecule has 0 aliphatic rings. The molecular weight excluding hydrogens is 353 g/mol. The van der Waals surface area contributed by atoms with Gasteiger partial charge in [-0.15, -0.1) is 11.3 Å². The molecule has 1 aromatic heterocycles. The first-order chi connectivity index (χ1) is 9.59. The van der Waals surface area contributed by atoms with Crippen LogP contribution < -0.4 is 0 Å². The third-order valence-corrected chi connectivity index (χ3v) is 5.77. The summed E-state index contributed by atoms with van der Waals surface area (Å²) in [6.07, 6.45) is 0. The van der Waals surface area contributed by atoms with Crippen molar-refractivity contribution in [3.8, 4) is 0 Å². The van der Waals surface area contributed by atoms with Crippen molar-refractivity contribution < 1.29 is 8.42 Å². The zero-order valence-electron chi connectivity index (χ0n) is 11.5. The molecular formula is C12H12Cl2N3O2S2-. The van der Waals surface area contributed by atoms with Crippen molar-refractivity contribution in [3.05, 3.63) is 38.0 Å². The van der Waals surface area contributed by atoms with E-state index in [1.807, 2.05) is 20.8 Å². The van der Waals surface area contributed by atoms with E-state index in [-0.39, 0.29) is 25.5 Å². The molecule has 0 saturated heterocycles. The molecule has 0 fully saturated rings. The molecule has 2 rings (SSSR count). The first-order valence-corrected chi connectivity index (χ1v) is 8.88. The van der Waals surface area contributed by atoms with Crippen molar-refractivity contribution in [1.82, 2.24) is 10.2 Å². The van der Waals surface area contributed by atoms with Crippen LogP contribution in [-0.4, -0.2) is 18.6 Å². The Labute approximate surface area is 137 Å². The Morgan fingerprint density at radius 3 is 2.43 bits per heavy atom. The maximum Gasteiger partial charge on any atom is 0.204 e. The second-order valence-electron chi connectivity index (χ2n) is 5.28. The van der Waals surface area contributed by atoms with E-state index in [1.54, 1.807) is 0 Å². The fourth-order valence-corrected chi connectivity index (χ4v) is 4.05. The van der Waals surface area contributed by atoms with Crippen molar-refractivity contribution in [2.75, 3.05) is 0 Å². The zero-order valence-corrected chi connectivity index (χ0v) is 14.6. The molecule has 0 unspecified atom stereocenters. The molecule has 21 heavy (non-hydrogen) atoms. The number of nitrogens with zero attached hydrogens (tertiary/aromatic N) is 3. The fraction of sp³-hybridized carbons (Fsp3) is 0.333. The Bertz CT molecular complexity index is 767. The molecule has 5 nitrogen and oxygen atoms in total. The highest BCUT2D eigenvalue weighted by atomic mass is 35.5. The summed E-state index contributed by atoms with van der Waals surface area (Å²) < 4.78 is 28.2. The molecule has 0 amide bonds. The molecule has 0 spiro atoms. The lowest BCUT2D eigenvalue weighted by Crippen LogP contribution is -2.10. The number of hydrogen-bond acceptors (Lipinski definition) is 5. The predicted octanol–water partition coefficient (Wildman–Crippen LogP) is 4.54. The number of sulfonamides is 1. The van der Waals surface area contributed by atoms with Crippen molar-refractivity contribution in [1.29, 1.82) is 0 Å². The number of benzene rings is 1. The summed E-state index contributed by atoms with van der Waals surface area (Å²) in [5.74, 6) is 0. The standard InChI is InChI=1S/C12H12Cl2N3O2S2/c1-12(2,3)10-15-16-11(20-10)17-21(18,19)9-6-7(13)4-5-8(9)14/h4-6H,1-3H3/q-1. The van der Waals surface area contributed by atoms with Gasteiger partial charge in [0, 0.05) is 15.6 Å². The van der Waals surface area contributed by atoms with Gasteiger partial charge in [0.15, 0.2) is 0 Å². The molecule has 1 heterocycles. The lowest BCUT2D eigenvalue weighted by molar-refractivity contribution is 0.578. The van der Waals surface area contributed by atoms with Gasteiger partial charge < -0.3 is 9.82 Å². The maximum atomic E-state index is 12.3. The largest absolute Gasteiger partial charge is 0.342 e. The van der Waals surface area contributed by atoms with Crippen LogP contribution >= 0.6 is 34.5 Å². The summed E-state index contributed by atoms with van der Waals surface area (Å²) >= 11 is 12.8. The highest BCUT2D eigenvalue weighted by molar-refractivity contribution is 7.94. The van der Waals surface area contributed by atoms with Gasteiger partial charge in [0.2, 0.25) is 10.0 Å². The molecule has 0 bridgehead atoms. The zero-order chi connectivity index (χ0) is 15.8. The Hall–Kier alpha value is -0.890. The molecule has 0 radical (unpaired) electrons. The van der Waals surface area contributed by atoms with Crippen molar-refractivity contribution in [2.45, 2.75) is 31.1 Å². The minimum absolute atomic E-state index is 0.0590. The van der Waals surface area contributed by atoms with E-state index in [0.29, 0.717) is 5.01 Å². The number of aromatic nitrogens is 2. The van der Waals surface area contributed by atoms with Crippen LogP contribution in [0, 0.1) is 0 Å². The summed E-state index contributed by atoms with van der Waals surface area (Å²) in [5, 5.41) is 8.84. The van der Waals surface area contributed by atoms with E-state index in [2.05, 4.69) is 14.9 Å². The van der Waals surface area contributed by atoms with Crippen LogP contribution in [0.15, 0.2) is 23.1 Å². The summed E-state index contributed by atoms with van der Waals surface area (Å²) in [6, 6.07) is 4.17. The molecule has 0 aliphatic carbocycles. The third-order valence-electron chi connectivity index (χ3n) is 2.43. The van der Waals surface area contributed by atoms with Gasteiger partial charge >= 0.3 is 0 Å². The van der Waals surface area contributed by atoms with Gasteiger partial charge in [-0.25, -0.2) is 8.42 Å². The topological polar surface area (TPSA) is 74.0 Å². The molecule has 114 valence electrons. The molecule has 0 atom stereocenters. The van der Waals surface area contributed by atoms with Crippen molar-refractivity contribution in [3.63, 3.8) is 0 Å². The average Bonchev–Trinajstić information content (AvgIpc) is 2.79. The van der Waals surface area contributed by atoms with Crippen molar-refractivity contribution in [2.24, 2.45) is 0 Å². The van der Waals surface area contributed by atoms with E-state index in [9.17, 15) is 8.42 Å². The Morgan fingerprint density at radius 2 is 1.86 bits per heavy atom. The van der Waals surface area contributed by atoms with E-state index in [0.717, 1.165) is 11.3 Å². The SMILES string of the molecule is CC(C)(C)c1nnc([N-]S(=O)(=O)c2cc(Cl)ccc2Cl)s1. The lowest BCUT2D eigenvalue weighted by Gasteiger charge is -2.14. The van der Waals surface area contributed by atoms with Gasteiger partial charge in [0.1, 0.15) is 0 Å². The van der Waals surface area contributed by atoms with Gasteiger partial charge in [0.05, 0.1) is 14.9 Å². The summed E-state index contributed by atoms with van der Waals surface area (Å²) in [6.45, 7) is 5.87. The first kappa shape index (κ1) is 16.5. The minimum Gasteiger partial charge on any atom is -0.342 e. The van der Waals surface area contributed by atoms with Gasteiger partial charge in [-0.3, -0.25) is 5.10 Å². The highest BCUT2D eigenvalue weighted by Gasteiger charge is 2.19. The van der Waals surface area contributed by atoms with Gasteiger partial charge in [0.25, 0.3) is 0 Å². The van der Waals surface area contributed by atoms with Gasteiger partial charge in [-0.2, -0.15) is 0 Å². The number of hydrogen-bond donors (Lipinski definition) is 0. The van der Waals surface area contributed by atoms with Crippen molar-refractivity contribution >= 4 is 49.7 Å². The molecule has 9 heteroatoms. The highest BCUT2D eigenvalue weighted by Crippen LogP contribution is 2.37. The van der Waals surface area contributed by atoms with E-state index in [4.69, 9.17) is 23.2 Å². The van der Waals surface area contributed by atoms with Crippen LogP contribution in [0.3, 0.4) is 0 Å². The average molecular weight is 365 g/mol. The summed E-state index contributed by atoms with van der Waals surface area (Å²) in [7, 11) is -3.98. The molecule has 0 saturated carbocycles. The molecule has 0 aliphatic heterocycles. The second kappa shape index (κ2) is 5.72. The lowest BCUT2D eigenvalue weighted by atomic mass is 9.98. The van der Waals surface area contributed by atoms with E-state index < -0.39 is 10.0 Å². The summed E-state index contributed by atoms with van der Waals surface area (Å²) in [4.78, 5) is -0.149. The normalized spacial score (nSPS) is 12.4. The second-order valence-corrected chi connectivity index (χ2v) is 8.65. The smallest absolute Gasteiger partial charge is 0.204 e. The van der Waals surface area contributed by atoms with E-state index in [1.165, 1.54) is 18.2 Å². The molecule has 0 N–H and O–H groups in total. The van der Waals surface area contributed by atoms with Crippen LogP contribution in [-0.2, 0) is 15.4 Å². The maximum absolute atomic E-state index is 12.3. The van der Waals surface area contributed by atoms with Gasteiger partial charge in [-0.05, 0) is 18.2 Å². The Morgan fingerprint density at radius 1 is 1.19 bits per heavy atom. The van der Waals surface area contributed by atoms with Crippen LogP contribution in [0.2, 0.25) is 10.0 Å². The molecule has 1 aromatic carbocycles. The van der Waals surface area contributed by atoms with Gasteiger partial charge in [-0.1, -0.05) is 44.0 Å². The Balaban J connectivity index is 2.34. The quantitative estimate of drug-likeness (QED) is 0.801. The van der Waals surface area contributed by atoms with Crippen LogP contribution in [0.25, 0.3) is 4.72 Å². The fourth-order valence-electron chi connectivity index (χ4n) is 1.38. The molecule has 2 aromatic rings. The summed E-state index contributed by atoms with van der Waals surface area (Å²) in [5.41, 5.74) is -0.219. The number of halogens is 2.